The van der Waals surface area contributed by atoms with Crippen molar-refractivity contribution in [3.8, 4) is 10.8 Å². The Balaban J connectivity index is 1.75. The maximum Gasteiger partial charge on any atom is 0.276 e. The van der Waals surface area contributed by atoms with E-state index in [9.17, 15) is 9.59 Å². The van der Waals surface area contributed by atoms with Crippen molar-refractivity contribution < 1.29 is 14.0 Å². The molecule has 3 rings (SSSR count). The van der Waals surface area contributed by atoms with Gasteiger partial charge in [-0.2, -0.15) is 0 Å². The van der Waals surface area contributed by atoms with Crippen molar-refractivity contribution in [2.75, 3.05) is 5.32 Å². The summed E-state index contributed by atoms with van der Waals surface area (Å²) in [7, 11) is 0. The Hall–Kier alpha value is -2.52. The van der Waals surface area contributed by atoms with Crippen LogP contribution in [0.4, 0.5) is 5.13 Å². The van der Waals surface area contributed by atoms with Crippen LogP contribution in [-0.2, 0) is 0 Å². The van der Waals surface area contributed by atoms with Crippen LogP contribution in [-0.4, -0.2) is 21.8 Å². The lowest BCUT2D eigenvalue weighted by molar-refractivity contribution is 0.0991. The van der Waals surface area contributed by atoms with Crippen LogP contribution in [0.5, 0.6) is 0 Å². The lowest BCUT2D eigenvalue weighted by Gasteiger charge is -1.97. The molecule has 0 radical (unpaired) electrons. The van der Waals surface area contributed by atoms with Crippen molar-refractivity contribution >= 4 is 39.6 Å². The predicted octanol–water partition coefficient (Wildman–Crippen LogP) is 2.52. The van der Waals surface area contributed by atoms with Gasteiger partial charge in [0.15, 0.2) is 15.9 Å². The van der Waals surface area contributed by atoms with Gasteiger partial charge in [0.05, 0.1) is 0 Å². The van der Waals surface area contributed by atoms with Crippen molar-refractivity contribution in [2.45, 2.75) is 6.92 Å². The third-order valence-electron chi connectivity index (χ3n) is 2.67. The van der Waals surface area contributed by atoms with E-state index in [4.69, 9.17) is 10.2 Å². The van der Waals surface area contributed by atoms with Crippen molar-refractivity contribution in [1.82, 2.24) is 9.97 Å². The molecule has 0 saturated heterocycles. The minimum Gasteiger partial charge on any atom is -0.459 e. The molecule has 0 unspecified atom stereocenters. The normalized spacial score (nSPS) is 10.6. The zero-order valence-corrected chi connectivity index (χ0v) is 13.0. The molecule has 2 amide bonds. The fraction of sp³-hybridized carbons (Fsp3) is 0.0769. The van der Waals surface area contributed by atoms with E-state index in [-0.39, 0.29) is 11.4 Å². The van der Waals surface area contributed by atoms with Gasteiger partial charge in [0.2, 0.25) is 0 Å². The van der Waals surface area contributed by atoms with E-state index in [1.165, 1.54) is 16.7 Å². The second kappa shape index (κ2) is 5.70. The van der Waals surface area contributed by atoms with Crippen LogP contribution in [0, 0.1) is 6.92 Å². The monoisotopic (exact) mass is 334 g/mol. The molecule has 112 valence electrons. The summed E-state index contributed by atoms with van der Waals surface area (Å²) in [6, 6.07) is 3.63. The topological polar surface area (TPSA) is 111 Å². The van der Waals surface area contributed by atoms with E-state index in [0.29, 0.717) is 15.9 Å². The largest absolute Gasteiger partial charge is 0.459 e. The van der Waals surface area contributed by atoms with Crippen LogP contribution < -0.4 is 11.1 Å². The lowest BCUT2D eigenvalue weighted by Crippen LogP contribution is -2.14. The number of thiazole rings is 2. The van der Waals surface area contributed by atoms with E-state index in [1.54, 1.807) is 11.4 Å². The number of anilines is 1. The van der Waals surface area contributed by atoms with Crippen LogP contribution >= 0.6 is 22.7 Å². The van der Waals surface area contributed by atoms with Crippen molar-refractivity contribution in [2.24, 2.45) is 5.73 Å². The molecular weight excluding hydrogens is 324 g/mol. The van der Waals surface area contributed by atoms with Gasteiger partial charge in [-0.3, -0.25) is 14.9 Å². The van der Waals surface area contributed by atoms with Crippen LogP contribution in [0.25, 0.3) is 10.8 Å². The summed E-state index contributed by atoms with van der Waals surface area (Å²) in [6.07, 6.45) is 0. The Labute approximate surface area is 132 Å². The third kappa shape index (κ3) is 2.90. The van der Waals surface area contributed by atoms with Gasteiger partial charge in [-0.25, -0.2) is 9.97 Å². The highest BCUT2D eigenvalue weighted by Crippen LogP contribution is 2.26. The molecule has 0 atom stereocenters. The molecule has 3 aromatic heterocycles. The number of rotatable bonds is 4. The number of aryl methyl sites for hydroxylation is 1. The molecule has 3 N–H and O–H groups in total. The minimum absolute atomic E-state index is 0.116. The summed E-state index contributed by atoms with van der Waals surface area (Å²) >= 11 is 2.43. The fourth-order valence-corrected chi connectivity index (χ4v) is 3.10. The highest BCUT2D eigenvalue weighted by atomic mass is 32.1. The quantitative estimate of drug-likeness (QED) is 0.761. The van der Waals surface area contributed by atoms with Crippen LogP contribution in [0.3, 0.4) is 0 Å². The Morgan fingerprint density at radius 2 is 1.95 bits per heavy atom. The van der Waals surface area contributed by atoms with E-state index in [2.05, 4.69) is 15.3 Å². The molecule has 22 heavy (non-hydrogen) atoms. The zero-order chi connectivity index (χ0) is 15.7. The van der Waals surface area contributed by atoms with Crippen molar-refractivity contribution in [1.29, 1.82) is 0 Å². The number of hydrogen-bond acceptors (Lipinski definition) is 7. The molecule has 0 aliphatic carbocycles. The first kappa shape index (κ1) is 14.4. The molecule has 0 fully saturated rings. The molecular formula is C13H10N4O3S2. The number of nitrogens with zero attached hydrogens (tertiary/aromatic N) is 2. The predicted molar refractivity (Wildman–Crippen MR) is 83.1 cm³/mol. The van der Waals surface area contributed by atoms with Crippen LogP contribution in [0.15, 0.2) is 27.3 Å². The van der Waals surface area contributed by atoms with Gasteiger partial charge in [0, 0.05) is 10.8 Å². The van der Waals surface area contributed by atoms with E-state index < -0.39 is 11.8 Å². The molecule has 0 spiro atoms. The van der Waals surface area contributed by atoms with Crippen molar-refractivity contribution in [3.05, 3.63) is 40.0 Å². The minimum atomic E-state index is -0.638. The van der Waals surface area contributed by atoms with Gasteiger partial charge >= 0.3 is 0 Å². The summed E-state index contributed by atoms with van der Waals surface area (Å²) in [6.45, 7) is 1.84. The third-order valence-corrected chi connectivity index (χ3v) is 4.28. The summed E-state index contributed by atoms with van der Waals surface area (Å²) in [4.78, 5) is 31.2. The average molecular weight is 334 g/mol. The SMILES string of the molecule is Cc1ccc(-c2nc(C(=O)Nc3nc(C(N)=O)cs3)cs2)o1. The van der Waals surface area contributed by atoms with Gasteiger partial charge in [-0.15, -0.1) is 22.7 Å². The summed E-state index contributed by atoms with van der Waals surface area (Å²) in [5.74, 6) is 0.349. The molecule has 9 heteroatoms. The van der Waals surface area contributed by atoms with Crippen molar-refractivity contribution in [3.63, 3.8) is 0 Å². The highest BCUT2D eigenvalue weighted by Gasteiger charge is 2.16. The van der Waals surface area contributed by atoms with Gasteiger partial charge in [-0.05, 0) is 19.1 Å². The van der Waals surface area contributed by atoms with Gasteiger partial charge in [0.25, 0.3) is 11.8 Å². The van der Waals surface area contributed by atoms with Crippen LogP contribution in [0.2, 0.25) is 0 Å². The molecule has 0 bridgehead atoms. The van der Waals surface area contributed by atoms with E-state index in [0.717, 1.165) is 17.1 Å². The van der Waals surface area contributed by atoms with Gasteiger partial charge in [0.1, 0.15) is 17.1 Å². The number of amides is 2. The average Bonchev–Trinajstić information content (AvgIpc) is 3.16. The number of aromatic nitrogens is 2. The molecule has 0 saturated carbocycles. The Morgan fingerprint density at radius 3 is 2.59 bits per heavy atom. The Kier molecular flexibility index (Phi) is 3.73. The number of nitrogens with one attached hydrogen (secondary N) is 1. The summed E-state index contributed by atoms with van der Waals surface area (Å²) in [5, 5.41) is 6.60. The molecule has 0 aliphatic rings. The zero-order valence-electron chi connectivity index (χ0n) is 11.3. The second-order valence-electron chi connectivity index (χ2n) is 4.30. The van der Waals surface area contributed by atoms with E-state index >= 15 is 0 Å². The first-order valence-corrected chi connectivity index (χ1v) is 7.88. The first-order chi connectivity index (χ1) is 10.5. The first-order valence-electron chi connectivity index (χ1n) is 6.12. The standard InChI is InChI=1S/C13H10N4O3S2/c1-6-2-3-9(20-6)12-15-8(5-21-12)11(19)17-13-16-7(4-22-13)10(14)18/h2-5H,1H3,(H2,14,18)(H,16,17,19). The van der Waals surface area contributed by atoms with Crippen LogP contribution in [0.1, 0.15) is 26.7 Å². The Morgan fingerprint density at radius 1 is 1.18 bits per heavy atom. The van der Waals surface area contributed by atoms with Gasteiger partial charge < -0.3 is 10.2 Å². The molecule has 3 aromatic rings. The Bertz CT molecular complexity index is 849. The maximum atomic E-state index is 12.1. The number of furan rings is 1. The lowest BCUT2D eigenvalue weighted by atomic mass is 10.4. The molecule has 3 heterocycles. The maximum absolute atomic E-state index is 12.1. The number of carbonyl (C=O) groups excluding carboxylic acids is 2. The summed E-state index contributed by atoms with van der Waals surface area (Å²) in [5.41, 5.74) is 5.48. The number of primary amides is 1. The second-order valence-corrected chi connectivity index (χ2v) is 6.02. The molecule has 7 nitrogen and oxygen atoms in total. The summed E-state index contributed by atoms with van der Waals surface area (Å²) < 4.78 is 5.47. The number of nitrogens with two attached hydrogens (primary N) is 1. The highest BCUT2D eigenvalue weighted by molar-refractivity contribution is 7.14. The van der Waals surface area contributed by atoms with E-state index in [1.807, 2.05) is 13.0 Å². The molecule has 0 aliphatic heterocycles. The number of carbonyl (C=O) groups is 2. The molecule has 0 aromatic carbocycles. The number of hydrogen-bond donors (Lipinski definition) is 2. The fourth-order valence-electron chi connectivity index (χ4n) is 1.65. The smallest absolute Gasteiger partial charge is 0.276 e. The van der Waals surface area contributed by atoms with Gasteiger partial charge in [-0.1, -0.05) is 0 Å².